The summed E-state index contributed by atoms with van der Waals surface area (Å²) in [6, 6.07) is 14.3. The molecule has 5 aromatic heterocycles. The van der Waals surface area contributed by atoms with Gasteiger partial charge in [-0.1, -0.05) is 18.1 Å². The lowest BCUT2D eigenvalue weighted by Gasteiger charge is -2.46. The monoisotopic (exact) mass is 908 g/mol. The zero-order chi connectivity index (χ0) is 46.4. The first-order valence-electron chi connectivity index (χ1n) is 23.1. The molecule has 67 heavy (non-hydrogen) atoms. The Morgan fingerprint density at radius 2 is 1.69 bits per heavy atom. The van der Waals surface area contributed by atoms with Crippen LogP contribution in [0.15, 0.2) is 81.2 Å². The van der Waals surface area contributed by atoms with Gasteiger partial charge in [0.2, 0.25) is 0 Å². The van der Waals surface area contributed by atoms with Gasteiger partial charge in [0.25, 0.3) is 5.91 Å². The van der Waals surface area contributed by atoms with Crippen LogP contribution in [0.4, 0.5) is 8.78 Å². The van der Waals surface area contributed by atoms with Gasteiger partial charge in [0, 0.05) is 55.0 Å². The van der Waals surface area contributed by atoms with Gasteiger partial charge in [0.05, 0.1) is 45.8 Å². The molecule has 3 fully saturated rings. The summed E-state index contributed by atoms with van der Waals surface area (Å²) < 4.78 is 50.7. The Bertz CT molecular complexity index is 3470. The summed E-state index contributed by atoms with van der Waals surface area (Å²) in [5.74, 6) is -0.750. The van der Waals surface area contributed by atoms with Crippen molar-refractivity contribution in [2.45, 2.75) is 109 Å². The van der Waals surface area contributed by atoms with Gasteiger partial charge < -0.3 is 14.2 Å². The number of fused-ring (bicyclic) bond motifs is 6. The van der Waals surface area contributed by atoms with Crippen molar-refractivity contribution in [1.82, 2.24) is 48.3 Å². The molecule has 8 heterocycles. The second kappa shape index (κ2) is 14.6. The molecule has 0 radical (unpaired) electrons. The van der Waals surface area contributed by atoms with E-state index in [0.717, 1.165) is 42.3 Å². The second-order valence-electron chi connectivity index (χ2n) is 19.9. The predicted octanol–water partition coefficient (Wildman–Crippen LogP) is 7.97. The maximum Gasteiger partial charge on any atom is 0.438 e. The molecule has 1 N–H and O–H groups in total. The number of H-pyrrole nitrogens is 1. The highest BCUT2D eigenvalue weighted by Gasteiger charge is 2.59. The van der Waals surface area contributed by atoms with Crippen molar-refractivity contribution >= 4 is 27.7 Å². The molecule has 3 aromatic carbocycles. The standard InChI is InChI=1S/C50H50F2N10O5/c1-26-18-33(19-27(2)42(26)51)62-44(59-16-15-58(48(59)65)39-13-12-37-34(43(39)52)25-53-57(37)6)41-35(55-62)22-32-8-7-9-38(41)60(32)45(63)40-21-31-20-29(30-14-17-66-49(4,5)24-30)10-11-36(31)61(40)50(23-28(50)3)46-54-47(64)67-56-46/h10-13,15-16,18-21,25,28,30,32,38H,7-9,14,17,22-24H2,1-6H3,(H,54,56,64)/t28-,30-,32?,38?,50-/m0/s1. The molecule has 1 aliphatic carbocycles. The fraction of sp³-hybridized carbons (Fsp3) is 0.400. The highest BCUT2D eigenvalue weighted by molar-refractivity contribution is 6.00. The molecule has 17 heteroatoms. The van der Waals surface area contributed by atoms with Crippen molar-refractivity contribution in [3.8, 4) is 17.2 Å². The van der Waals surface area contributed by atoms with Crippen LogP contribution in [0.3, 0.4) is 0 Å². The van der Waals surface area contributed by atoms with Gasteiger partial charge in [-0.2, -0.15) is 10.2 Å². The van der Waals surface area contributed by atoms with Crippen molar-refractivity contribution in [2.24, 2.45) is 13.0 Å². The number of nitrogens with one attached hydrogen (secondary N) is 1. The summed E-state index contributed by atoms with van der Waals surface area (Å²) in [6.45, 7) is 10.4. The van der Waals surface area contributed by atoms with Crippen LogP contribution in [0.5, 0.6) is 0 Å². The van der Waals surface area contributed by atoms with Gasteiger partial charge in [-0.15, -0.1) is 0 Å². The number of hydrogen-bond acceptors (Lipinski definition) is 8. The van der Waals surface area contributed by atoms with E-state index in [2.05, 4.69) is 58.8 Å². The van der Waals surface area contributed by atoms with E-state index in [1.807, 2.05) is 11.0 Å². The van der Waals surface area contributed by atoms with E-state index in [9.17, 15) is 9.59 Å². The minimum atomic E-state index is -0.851. The first kappa shape index (κ1) is 41.5. The molecule has 2 unspecified atom stereocenters. The molecule has 344 valence electrons. The molecule has 2 bridgehead atoms. The van der Waals surface area contributed by atoms with Gasteiger partial charge in [-0.3, -0.25) is 28.1 Å². The molecule has 15 nitrogen and oxygen atoms in total. The van der Waals surface area contributed by atoms with Gasteiger partial charge in [-0.25, -0.2) is 23.1 Å². The maximum absolute atomic E-state index is 16.2. The molecule has 0 spiro atoms. The van der Waals surface area contributed by atoms with Crippen molar-refractivity contribution < 1.29 is 22.8 Å². The number of carbonyl (C=O) groups excluding carboxylic acids is 1. The van der Waals surface area contributed by atoms with Gasteiger partial charge >= 0.3 is 11.4 Å². The Hall–Kier alpha value is -6.88. The Morgan fingerprint density at radius 1 is 0.925 bits per heavy atom. The summed E-state index contributed by atoms with van der Waals surface area (Å²) in [4.78, 5) is 48.1. The van der Waals surface area contributed by atoms with Gasteiger partial charge in [0.1, 0.15) is 22.9 Å². The number of amides is 1. The first-order chi connectivity index (χ1) is 32.1. The number of aryl methyl sites for hydroxylation is 3. The molecule has 4 aliphatic rings. The van der Waals surface area contributed by atoms with E-state index in [0.29, 0.717) is 71.1 Å². The Labute approximate surface area is 382 Å². The van der Waals surface area contributed by atoms with Crippen LogP contribution in [0, 0.1) is 31.4 Å². The lowest BCUT2D eigenvalue weighted by atomic mass is 9.82. The number of aromatic nitrogens is 9. The fourth-order valence-corrected chi connectivity index (χ4v) is 11.9. The summed E-state index contributed by atoms with van der Waals surface area (Å²) in [7, 11) is 1.73. The van der Waals surface area contributed by atoms with Crippen LogP contribution in [0.2, 0.25) is 0 Å². The third-order valence-corrected chi connectivity index (χ3v) is 15.2. The average molecular weight is 909 g/mol. The van der Waals surface area contributed by atoms with Crippen LogP contribution in [0.25, 0.3) is 39.0 Å². The van der Waals surface area contributed by atoms with Gasteiger partial charge in [0.15, 0.2) is 11.6 Å². The topological polar surface area (TPSA) is 156 Å². The normalized spacial score (nSPS) is 23.3. The fourth-order valence-electron chi connectivity index (χ4n) is 11.9. The number of nitrogens with zero attached hydrogens (tertiary/aromatic N) is 9. The van der Waals surface area contributed by atoms with Crippen LogP contribution in [-0.4, -0.2) is 72.5 Å². The van der Waals surface area contributed by atoms with Crippen LogP contribution in [0.1, 0.15) is 116 Å². The number of carbonyl (C=O) groups is 1. The number of ether oxygens (including phenoxy) is 1. The van der Waals surface area contributed by atoms with Crippen molar-refractivity contribution in [2.75, 3.05) is 6.61 Å². The van der Waals surface area contributed by atoms with Gasteiger partial charge in [-0.05, 0) is 137 Å². The Kier molecular flexibility index (Phi) is 9.03. The quantitative estimate of drug-likeness (QED) is 0.169. The zero-order valence-corrected chi connectivity index (χ0v) is 38.1. The third-order valence-electron chi connectivity index (χ3n) is 15.2. The zero-order valence-electron chi connectivity index (χ0n) is 38.1. The largest absolute Gasteiger partial charge is 0.438 e. The summed E-state index contributed by atoms with van der Waals surface area (Å²) in [5, 5.41) is 14.8. The number of rotatable bonds is 7. The smallest absolute Gasteiger partial charge is 0.376 e. The highest BCUT2D eigenvalue weighted by atomic mass is 19.1. The molecule has 2 saturated heterocycles. The Balaban J connectivity index is 1.03. The molecule has 8 aromatic rings. The van der Waals surface area contributed by atoms with Crippen LogP contribution >= 0.6 is 0 Å². The predicted molar refractivity (Wildman–Crippen MR) is 244 cm³/mol. The van der Waals surface area contributed by atoms with Crippen LogP contribution in [-0.2, 0) is 23.7 Å². The highest BCUT2D eigenvalue weighted by Crippen LogP contribution is 2.56. The molecule has 1 saturated carbocycles. The number of imidazole rings is 1. The molecule has 1 amide bonds. The lowest BCUT2D eigenvalue weighted by Crippen LogP contribution is -2.50. The summed E-state index contributed by atoms with van der Waals surface area (Å²) in [6.07, 6.45) is 9.46. The first-order valence-corrected chi connectivity index (χ1v) is 23.1. The van der Waals surface area contributed by atoms with Crippen LogP contribution < -0.4 is 11.4 Å². The van der Waals surface area contributed by atoms with E-state index in [1.165, 1.54) is 27.1 Å². The van der Waals surface area contributed by atoms with Crippen molar-refractivity contribution in [1.29, 1.82) is 0 Å². The summed E-state index contributed by atoms with van der Waals surface area (Å²) in [5.41, 5.74) is 4.25. The molecule has 5 atom stereocenters. The molecular formula is C50H50F2N10O5. The van der Waals surface area contributed by atoms with E-state index in [4.69, 9.17) is 14.4 Å². The molecule has 3 aliphatic heterocycles. The number of halogens is 2. The SMILES string of the molecule is Cc1cc(-n2nc3c(c2-n2ccn(-c4ccc5c(cnn5C)c4F)c2=O)C2CCCC(C3)N2C(=O)c2cc3cc([C@H]4CCOC(C)(C)C4)ccc3n2[C@@]2(c3noc(=O)[nH]3)C[C@@H]2C)cc(C)c1F. The van der Waals surface area contributed by atoms with E-state index in [-0.39, 0.29) is 46.3 Å². The Morgan fingerprint density at radius 3 is 2.42 bits per heavy atom. The average Bonchev–Trinajstić information content (AvgIpc) is 3.92. The minimum absolute atomic E-state index is 0.00546. The number of benzene rings is 3. The summed E-state index contributed by atoms with van der Waals surface area (Å²) >= 11 is 0. The maximum atomic E-state index is 16.2. The second-order valence-corrected chi connectivity index (χ2v) is 19.9. The number of aromatic amines is 1. The third kappa shape index (κ3) is 6.15. The molecule has 12 rings (SSSR count). The van der Waals surface area contributed by atoms with E-state index >= 15 is 13.6 Å². The van der Waals surface area contributed by atoms with Crippen molar-refractivity contribution in [3.63, 3.8) is 0 Å². The number of piperidine rings is 1. The van der Waals surface area contributed by atoms with E-state index < -0.39 is 28.8 Å². The lowest BCUT2D eigenvalue weighted by molar-refractivity contribution is -0.0592. The minimum Gasteiger partial charge on any atom is -0.376 e. The van der Waals surface area contributed by atoms with E-state index in [1.54, 1.807) is 60.7 Å². The molecular weight excluding hydrogens is 859 g/mol. The van der Waals surface area contributed by atoms with Crippen molar-refractivity contribution in [3.05, 3.63) is 139 Å². The number of hydrogen-bond donors (Lipinski definition) is 1.